The highest BCUT2D eigenvalue weighted by Gasteiger charge is 2.35. The number of amides is 3. The number of fused-ring (bicyclic) bond motifs is 1. The number of ether oxygens (including phenoxy) is 2. The summed E-state index contributed by atoms with van der Waals surface area (Å²) in [5.41, 5.74) is 7.26. The summed E-state index contributed by atoms with van der Waals surface area (Å²) in [5, 5.41) is 5.14. The minimum Gasteiger partial charge on any atom is -0.376 e. The molecule has 1 heterocycles. The van der Waals surface area contributed by atoms with Crippen LogP contribution in [0.3, 0.4) is 0 Å². The SMILES string of the molecule is CN(C(=O)COCC(C)(C)N)[C@H](Cc1ccc2ccccc2c1)C(=O)N(C)[C@H](Cc1ccccc1)C(=O)NCC1CCCO1. The molecule has 9 nitrogen and oxygen atoms in total. The fourth-order valence-corrected chi connectivity index (χ4v) is 5.43. The molecule has 0 radical (unpaired) electrons. The minimum absolute atomic E-state index is 0.0276. The number of nitrogens with two attached hydrogens (primary N) is 1. The lowest BCUT2D eigenvalue weighted by Crippen LogP contribution is -2.56. The van der Waals surface area contributed by atoms with Crippen LogP contribution >= 0.6 is 0 Å². The molecule has 1 aliphatic heterocycles. The topological polar surface area (TPSA) is 114 Å². The van der Waals surface area contributed by atoms with Gasteiger partial charge in [0.1, 0.15) is 18.7 Å². The van der Waals surface area contributed by atoms with Crippen molar-refractivity contribution in [2.45, 2.75) is 63.3 Å². The van der Waals surface area contributed by atoms with Gasteiger partial charge in [-0.25, -0.2) is 0 Å². The third-order valence-corrected chi connectivity index (χ3v) is 8.01. The summed E-state index contributed by atoms with van der Waals surface area (Å²) in [7, 11) is 3.25. The molecule has 1 aliphatic rings. The van der Waals surface area contributed by atoms with Gasteiger partial charge in [-0.3, -0.25) is 14.4 Å². The second-order valence-corrected chi connectivity index (χ2v) is 12.4. The van der Waals surface area contributed by atoms with Gasteiger partial charge >= 0.3 is 0 Å². The maximum absolute atomic E-state index is 14.4. The average molecular weight is 603 g/mol. The quantitative estimate of drug-likeness (QED) is 0.293. The van der Waals surface area contributed by atoms with Crippen molar-refractivity contribution in [3.05, 3.63) is 83.9 Å². The van der Waals surface area contributed by atoms with Crippen LogP contribution in [0.5, 0.6) is 0 Å². The first-order valence-corrected chi connectivity index (χ1v) is 15.3. The van der Waals surface area contributed by atoms with Crippen molar-refractivity contribution in [1.82, 2.24) is 15.1 Å². The Kier molecular flexibility index (Phi) is 11.5. The Morgan fingerprint density at radius 3 is 2.30 bits per heavy atom. The van der Waals surface area contributed by atoms with Crippen LogP contribution in [0.2, 0.25) is 0 Å². The number of rotatable bonds is 14. The summed E-state index contributed by atoms with van der Waals surface area (Å²) >= 11 is 0. The van der Waals surface area contributed by atoms with Crippen molar-refractivity contribution in [3.63, 3.8) is 0 Å². The van der Waals surface area contributed by atoms with E-state index in [0.717, 1.165) is 34.7 Å². The number of nitrogens with zero attached hydrogens (tertiary/aromatic N) is 2. The lowest BCUT2D eigenvalue weighted by atomic mass is 9.98. The number of likely N-dealkylation sites (N-methyl/N-ethyl adjacent to an activating group) is 2. The zero-order valence-electron chi connectivity index (χ0n) is 26.3. The van der Waals surface area contributed by atoms with Crippen LogP contribution in [0.4, 0.5) is 0 Å². The molecule has 1 saturated heterocycles. The molecule has 3 aromatic rings. The van der Waals surface area contributed by atoms with Gasteiger partial charge in [0.05, 0.1) is 12.7 Å². The van der Waals surface area contributed by atoms with E-state index in [1.54, 1.807) is 14.1 Å². The highest BCUT2D eigenvalue weighted by Crippen LogP contribution is 2.20. The summed E-state index contributed by atoms with van der Waals surface area (Å²) in [6, 6.07) is 22.0. The van der Waals surface area contributed by atoms with Gasteiger partial charge in [0.2, 0.25) is 17.7 Å². The molecule has 0 bridgehead atoms. The van der Waals surface area contributed by atoms with E-state index in [4.69, 9.17) is 15.2 Å². The molecule has 3 aromatic carbocycles. The number of hydrogen-bond donors (Lipinski definition) is 2. The molecular weight excluding hydrogens is 556 g/mol. The van der Waals surface area contributed by atoms with Gasteiger partial charge in [-0.1, -0.05) is 72.8 Å². The van der Waals surface area contributed by atoms with Crippen LogP contribution in [0.15, 0.2) is 72.8 Å². The van der Waals surface area contributed by atoms with Crippen LogP contribution < -0.4 is 11.1 Å². The maximum atomic E-state index is 14.4. The first-order chi connectivity index (χ1) is 21.0. The highest BCUT2D eigenvalue weighted by atomic mass is 16.5. The third-order valence-electron chi connectivity index (χ3n) is 8.01. The fourth-order valence-electron chi connectivity index (χ4n) is 5.43. The zero-order valence-corrected chi connectivity index (χ0v) is 26.3. The number of hydrogen-bond acceptors (Lipinski definition) is 6. The lowest BCUT2D eigenvalue weighted by molar-refractivity contribution is -0.149. The highest BCUT2D eigenvalue weighted by molar-refractivity contribution is 5.92. The van der Waals surface area contributed by atoms with Crippen LogP contribution in [0.1, 0.15) is 37.8 Å². The molecule has 3 N–H and O–H groups in total. The third kappa shape index (κ3) is 9.35. The summed E-state index contributed by atoms with van der Waals surface area (Å²) in [6.07, 6.45) is 2.43. The lowest BCUT2D eigenvalue weighted by Gasteiger charge is -2.35. The Hall–Kier alpha value is -3.79. The van der Waals surface area contributed by atoms with Crippen LogP contribution in [-0.4, -0.2) is 91.7 Å². The Morgan fingerprint density at radius 1 is 0.932 bits per heavy atom. The number of carbonyl (C=O) groups excluding carboxylic acids is 3. The molecule has 1 fully saturated rings. The molecule has 0 aromatic heterocycles. The van der Waals surface area contributed by atoms with Gasteiger partial charge < -0.3 is 30.3 Å². The molecule has 3 atom stereocenters. The van der Waals surface area contributed by atoms with Crippen molar-refractivity contribution in [1.29, 1.82) is 0 Å². The molecule has 3 amide bonds. The molecule has 1 unspecified atom stereocenters. The van der Waals surface area contributed by atoms with E-state index in [2.05, 4.69) is 5.32 Å². The number of nitrogens with one attached hydrogen (secondary N) is 1. The monoisotopic (exact) mass is 602 g/mol. The van der Waals surface area contributed by atoms with Gasteiger partial charge in [0.25, 0.3) is 0 Å². The Balaban J connectivity index is 1.59. The fraction of sp³-hybridized carbons (Fsp3) is 0.457. The van der Waals surface area contributed by atoms with Gasteiger partial charge in [-0.05, 0) is 48.6 Å². The molecule has 0 spiro atoms. The molecular formula is C35H46N4O5. The van der Waals surface area contributed by atoms with E-state index in [1.807, 2.05) is 86.6 Å². The Morgan fingerprint density at radius 2 is 1.61 bits per heavy atom. The summed E-state index contributed by atoms with van der Waals surface area (Å²) < 4.78 is 11.3. The van der Waals surface area contributed by atoms with Crippen molar-refractivity contribution in [2.24, 2.45) is 5.73 Å². The van der Waals surface area contributed by atoms with Crippen molar-refractivity contribution >= 4 is 28.5 Å². The molecule has 0 aliphatic carbocycles. The Labute approximate surface area is 260 Å². The van der Waals surface area contributed by atoms with E-state index >= 15 is 0 Å². The first-order valence-electron chi connectivity index (χ1n) is 15.3. The minimum atomic E-state index is -0.868. The Bertz CT molecular complexity index is 1400. The molecule has 9 heteroatoms. The van der Waals surface area contributed by atoms with Crippen LogP contribution in [0.25, 0.3) is 10.8 Å². The first kappa shape index (κ1) is 33.1. The van der Waals surface area contributed by atoms with Crippen molar-refractivity contribution < 1.29 is 23.9 Å². The molecule has 0 saturated carbocycles. The molecule has 4 rings (SSSR count). The summed E-state index contributed by atoms with van der Waals surface area (Å²) in [4.78, 5) is 44.3. The molecule has 236 valence electrons. The largest absolute Gasteiger partial charge is 0.376 e. The van der Waals surface area contributed by atoms with E-state index in [-0.39, 0.29) is 43.5 Å². The van der Waals surface area contributed by atoms with Gasteiger partial charge in [-0.2, -0.15) is 0 Å². The van der Waals surface area contributed by atoms with Gasteiger partial charge in [0, 0.05) is 45.6 Å². The maximum Gasteiger partial charge on any atom is 0.249 e. The van der Waals surface area contributed by atoms with E-state index in [0.29, 0.717) is 19.6 Å². The van der Waals surface area contributed by atoms with E-state index < -0.39 is 17.6 Å². The van der Waals surface area contributed by atoms with E-state index in [1.165, 1.54) is 9.80 Å². The molecule has 44 heavy (non-hydrogen) atoms. The standard InChI is InChI=1S/C35H46N4O5/c1-35(2,36)24-43-23-32(40)38(3)31(21-26-16-17-27-13-8-9-14-28(27)19-26)34(42)39(4)30(20-25-11-6-5-7-12-25)33(41)37-22-29-15-10-18-44-29/h5-9,11-14,16-17,19,29-31H,10,15,18,20-24,36H2,1-4H3,(H,37,41)/t29?,30-,31-/m1/s1. The van der Waals surface area contributed by atoms with Crippen molar-refractivity contribution in [3.8, 4) is 0 Å². The predicted molar refractivity (Wildman–Crippen MR) is 172 cm³/mol. The van der Waals surface area contributed by atoms with Crippen LogP contribution in [-0.2, 0) is 36.7 Å². The smallest absolute Gasteiger partial charge is 0.249 e. The van der Waals surface area contributed by atoms with Crippen molar-refractivity contribution in [2.75, 3.05) is 40.5 Å². The van der Waals surface area contributed by atoms with Crippen LogP contribution in [0, 0.1) is 0 Å². The zero-order chi connectivity index (χ0) is 31.7. The van der Waals surface area contributed by atoms with Gasteiger partial charge in [-0.15, -0.1) is 0 Å². The van der Waals surface area contributed by atoms with E-state index in [9.17, 15) is 14.4 Å². The number of carbonyl (C=O) groups is 3. The second kappa shape index (κ2) is 15.3. The summed E-state index contributed by atoms with van der Waals surface area (Å²) in [6.45, 7) is 4.70. The predicted octanol–water partition coefficient (Wildman–Crippen LogP) is 3.33. The number of benzene rings is 3. The van der Waals surface area contributed by atoms with Gasteiger partial charge in [0.15, 0.2) is 0 Å². The summed E-state index contributed by atoms with van der Waals surface area (Å²) in [5.74, 6) is -0.933. The normalized spacial score (nSPS) is 16.3. The average Bonchev–Trinajstić information content (AvgIpc) is 3.54. The second-order valence-electron chi connectivity index (χ2n) is 12.4.